The molecule has 1 amide bonds. The van der Waals surface area contributed by atoms with E-state index in [9.17, 15) is 25.0 Å². The van der Waals surface area contributed by atoms with Crippen LogP contribution in [0, 0.1) is 21.4 Å². The fraction of sp³-hybridized carbons (Fsp3) is 0.0357. The largest absolute Gasteiger partial charge is 0.493 e. The van der Waals surface area contributed by atoms with Crippen LogP contribution in [0.25, 0.3) is 16.8 Å². The molecular formula is C28H17Cl2N3O6. The number of rotatable bonds is 7. The molecule has 1 N–H and O–H groups in total. The molecule has 11 heteroatoms. The molecule has 39 heavy (non-hydrogen) atoms. The van der Waals surface area contributed by atoms with Crippen LogP contribution in [0.5, 0.6) is 11.5 Å². The number of anilines is 1. The van der Waals surface area contributed by atoms with Gasteiger partial charge in [-0.25, -0.2) is 4.79 Å². The van der Waals surface area contributed by atoms with Crippen LogP contribution in [0.15, 0.2) is 78.4 Å². The summed E-state index contributed by atoms with van der Waals surface area (Å²) in [4.78, 5) is 36.0. The second kappa shape index (κ2) is 11.6. The predicted octanol–water partition coefficient (Wildman–Crippen LogP) is 6.83. The number of nitriles is 1. The maximum absolute atomic E-state index is 12.9. The molecule has 194 valence electrons. The summed E-state index contributed by atoms with van der Waals surface area (Å²) in [5.41, 5.74) is 0.0225. The fourth-order valence-corrected chi connectivity index (χ4v) is 4.27. The van der Waals surface area contributed by atoms with Gasteiger partial charge in [-0.1, -0.05) is 65.7 Å². The number of hydrogen-bond acceptors (Lipinski definition) is 7. The SMILES string of the molecule is COc1cc(/C=C(\C#N)C(=O)Nc2c(Cl)cc([N+](=O)[O-])cc2Cl)ccc1OC(=O)c1cccc2ccccc12. The van der Waals surface area contributed by atoms with E-state index in [1.54, 1.807) is 18.2 Å². The van der Waals surface area contributed by atoms with Crippen LogP contribution in [0.3, 0.4) is 0 Å². The van der Waals surface area contributed by atoms with Gasteiger partial charge in [-0.3, -0.25) is 14.9 Å². The summed E-state index contributed by atoms with van der Waals surface area (Å²) in [6.45, 7) is 0. The molecule has 4 rings (SSSR count). The molecular weight excluding hydrogens is 545 g/mol. The maximum Gasteiger partial charge on any atom is 0.344 e. The zero-order valence-corrected chi connectivity index (χ0v) is 21.6. The highest BCUT2D eigenvalue weighted by molar-refractivity contribution is 6.40. The zero-order chi connectivity index (χ0) is 28.1. The Hall–Kier alpha value is -4.91. The minimum absolute atomic E-state index is 0.0802. The molecule has 0 spiro atoms. The van der Waals surface area contributed by atoms with E-state index in [0.717, 1.165) is 22.9 Å². The first-order valence-corrected chi connectivity index (χ1v) is 11.9. The van der Waals surface area contributed by atoms with Crippen molar-refractivity contribution >= 4 is 63.3 Å². The summed E-state index contributed by atoms with van der Waals surface area (Å²) in [6, 6.07) is 21.1. The Morgan fingerprint density at radius 3 is 2.36 bits per heavy atom. The molecule has 0 aliphatic carbocycles. The smallest absolute Gasteiger partial charge is 0.344 e. The molecule has 0 aliphatic heterocycles. The van der Waals surface area contributed by atoms with E-state index in [-0.39, 0.29) is 38.5 Å². The minimum atomic E-state index is -0.847. The summed E-state index contributed by atoms with van der Waals surface area (Å²) in [5, 5.41) is 24.2. The number of nitro groups is 1. The third-order valence-corrected chi connectivity index (χ3v) is 6.15. The Morgan fingerprint density at radius 1 is 1.00 bits per heavy atom. The Bertz CT molecular complexity index is 1680. The highest BCUT2D eigenvalue weighted by Crippen LogP contribution is 2.35. The van der Waals surface area contributed by atoms with Gasteiger partial charge in [-0.2, -0.15) is 5.26 Å². The third kappa shape index (κ3) is 5.99. The van der Waals surface area contributed by atoms with E-state index < -0.39 is 16.8 Å². The van der Waals surface area contributed by atoms with E-state index in [0.29, 0.717) is 11.1 Å². The number of nitrogens with one attached hydrogen (secondary N) is 1. The lowest BCUT2D eigenvalue weighted by Crippen LogP contribution is -2.14. The van der Waals surface area contributed by atoms with Crippen molar-refractivity contribution in [1.82, 2.24) is 0 Å². The molecule has 4 aromatic rings. The van der Waals surface area contributed by atoms with Gasteiger partial charge in [0, 0.05) is 12.1 Å². The van der Waals surface area contributed by atoms with Crippen molar-refractivity contribution < 1.29 is 24.0 Å². The molecule has 0 radical (unpaired) electrons. The van der Waals surface area contributed by atoms with E-state index in [4.69, 9.17) is 32.7 Å². The average Bonchev–Trinajstić information content (AvgIpc) is 2.93. The lowest BCUT2D eigenvalue weighted by molar-refractivity contribution is -0.384. The molecule has 4 aromatic carbocycles. The number of fused-ring (bicyclic) bond motifs is 1. The van der Waals surface area contributed by atoms with Gasteiger partial charge >= 0.3 is 5.97 Å². The van der Waals surface area contributed by atoms with Gasteiger partial charge in [-0.05, 0) is 40.6 Å². The number of amides is 1. The number of hydrogen-bond donors (Lipinski definition) is 1. The maximum atomic E-state index is 12.9. The second-order valence-electron chi connectivity index (χ2n) is 7.99. The Labute approximate surface area is 231 Å². The van der Waals surface area contributed by atoms with E-state index >= 15 is 0 Å². The number of carbonyl (C=O) groups excluding carboxylic acids is 2. The minimum Gasteiger partial charge on any atom is -0.493 e. The van der Waals surface area contributed by atoms with Crippen molar-refractivity contribution in [2.45, 2.75) is 0 Å². The van der Waals surface area contributed by atoms with Crippen LogP contribution in [0.4, 0.5) is 11.4 Å². The van der Waals surface area contributed by atoms with Crippen molar-refractivity contribution in [1.29, 1.82) is 5.26 Å². The molecule has 0 heterocycles. The van der Waals surface area contributed by atoms with E-state index in [1.165, 1.54) is 31.4 Å². The molecule has 0 fully saturated rings. The molecule has 0 aromatic heterocycles. The van der Waals surface area contributed by atoms with Crippen molar-refractivity contribution in [3.63, 3.8) is 0 Å². The van der Waals surface area contributed by atoms with Gasteiger partial charge in [0.25, 0.3) is 11.6 Å². The highest BCUT2D eigenvalue weighted by Gasteiger charge is 2.19. The molecule has 9 nitrogen and oxygen atoms in total. The van der Waals surface area contributed by atoms with Crippen LogP contribution in [0.2, 0.25) is 10.0 Å². The lowest BCUT2D eigenvalue weighted by Gasteiger charge is -2.12. The number of methoxy groups -OCH3 is 1. The first-order valence-electron chi connectivity index (χ1n) is 11.2. The molecule has 0 saturated carbocycles. The van der Waals surface area contributed by atoms with Crippen LogP contribution in [-0.2, 0) is 4.79 Å². The van der Waals surface area contributed by atoms with Crippen LogP contribution in [0.1, 0.15) is 15.9 Å². The van der Waals surface area contributed by atoms with Gasteiger partial charge in [0.15, 0.2) is 11.5 Å². The first-order chi connectivity index (χ1) is 18.7. The normalized spacial score (nSPS) is 11.0. The molecule has 0 aliphatic rings. The summed E-state index contributed by atoms with van der Waals surface area (Å²) < 4.78 is 11.0. The number of ether oxygens (including phenoxy) is 2. The molecule has 0 atom stereocenters. The summed E-state index contributed by atoms with van der Waals surface area (Å²) in [5.74, 6) is -1.10. The topological polar surface area (TPSA) is 132 Å². The van der Waals surface area contributed by atoms with Crippen LogP contribution in [-0.4, -0.2) is 23.9 Å². The quantitative estimate of drug-likeness (QED) is 0.0652. The van der Waals surface area contributed by atoms with E-state index in [2.05, 4.69) is 5.32 Å². The monoisotopic (exact) mass is 561 g/mol. The van der Waals surface area contributed by atoms with Gasteiger partial charge in [-0.15, -0.1) is 0 Å². The summed E-state index contributed by atoms with van der Waals surface area (Å²) in [6.07, 6.45) is 1.28. The van der Waals surface area contributed by atoms with Gasteiger partial charge in [0.2, 0.25) is 0 Å². The van der Waals surface area contributed by atoms with Gasteiger partial charge in [0.05, 0.1) is 33.3 Å². The van der Waals surface area contributed by atoms with E-state index in [1.807, 2.05) is 30.3 Å². The van der Waals surface area contributed by atoms with Crippen LogP contribution >= 0.6 is 23.2 Å². The lowest BCUT2D eigenvalue weighted by atomic mass is 10.0. The third-order valence-electron chi connectivity index (χ3n) is 5.55. The highest BCUT2D eigenvalue weighted by atomic mass is 35.5. The number of non-ortho nitro benzene ring substituents is 1. The van der Waals surface area contributed by atoms with Crippen LogP contribution < -0.4 is 14.8 Å². The van der Waals surface area contributed by atoms with Crippen molar-refractivity contribution in [3.8, 4) is 17.6 Å². The average molecular weight is 562 g/mol. The number of carbonyl (C=O) groups is 2. The number of nitrogens with zero attached hydrogens (tertiary/aromatic N) is 2. The molecule has 0 bridgehead atoms. The van der Waals surface area contributed by atoms with Crippen molar-refractivity contribution in [3.05, 3.63) is 110 Å². The first kappa shape index (κ1) is 27.1. The van der Waals surface area contributed by atoms with Crippen molar-refractivity contribution in [2.24, 2.45) is 0 Å². The number of benzene rings is 4. The Balaban J connectivity index is 1.57. The van der Waals surface area contributed by atoms with Crippen molar-refractivity contribution in [2.75, 3.05) is 12.4 Å². The standard InChI is InChI=1S/C28H17Cl2N3O6/c1-38-25-12-16(9-10-24(25)39-28(35)21-8-4-6-17-5-2-3-7-20(17)21)11-18(15-31)27(34)32-26-22(29)13-19(33(36)37)14-23(26)30/h2-14H,1H3,(H,32,34)/b18-11+. The molecule has 0 saturated heterocycles. The predicted molar refractivity (Wildman–Crippen MR) is 147 cm³/mol. The fourth-order valence-electron chi connectivity index (χ4n) is 3.70. The summed E-state index contributed by atoms with van der Waals surface area (Å²) in [7, 11) is 1.38. The second-order valence-corrected chi connectivity index (χ2v) is 8.81. The Kier molecular flexibility index (Phi) is 8.10. The number of nitro benzene ring substituents is 1. The zero-order valence-electron chi connectivity index (χ0n) is 20.1. The van der Waals surface area contributed by atoms with Gasteiger partial charge in [0.1, 0.15) is 11.6 Å². The van der Waals surface area contributed by atoms with Gasteiger partial charge < -0.3 is 14.8 Å². The Morgan fingerprint density at radius 2 is 1.69 bits per heavy atom. The number of esters is 1. The molecule has 0 unspecified atom stereocenters. The number of halogens is 2. The summed E-state index contributed by atoms with van der Waals surface area (Å²) >= 11 is 12.1.